The van der Waals surface area contributed by atoms with Gasteiger partial charge in [0.05, 0.1) is 0 Å². The smallest absolute Gasteiger partial charge is 0.329 e. The number of rotatable bonds is 1. The van der Waals surface area contributed by atoms with Crippen LogP contribution in [0.3, 0.4) is 0 Å². The predicted molar refractivity (Wildman–Crippen MR) is 278 cm³/mol. The van der Waals surface area contributed by atoms with Gasteiger partial charge in [0.1, 0.15) is 0 Å². The van der Waals surface area contributed by atoms with Crippen molar-refractivity contribution in [2.24, 2.45) is 0 Å². The van der Waals surface area contributed by atoms with E-state index in [1.54, 1.807) is 0 Å². The molecule has 0 saturated carbocycles. The van der Waals surface area contributed by atoms with Gasteiger partial charge in [0, 0.05) is 54.3 Å². The monoisotopic (exact) mass is 834 g/mol. The van der Waals surface area contributed by atoms with E-state index in [9.17, 15) is 0 Å². The minimum Gasteiger partial charge on any atom is -0.377 e. The Hall–Kier alpha value is -5.51. The Balaban J connectivity index is 1.26. The Morgan fingerprint density at radius 2 is 0.984 bits per heavy atom. The number of benzene rings is 7. The first-order valence-corrected chi connectivity index (χ1v) is 23.9. The van der Waals surface area contributed by atoms with E-state index < -0.39 is 0 Å². The van der Waals surface area contributed by atoms with E-state index in [1.807, 2.05) is 11.3 Å². The van der Waals surface area contributed by atoms with Crippen LogP contribution < -0.4 is 37.0 Å². The molecule has 0 amide bonds. The van der Waals surface area contributed by atoms with Crippen LogP contribution >= 0.6 is 11.3 Å². The molecule has 0 unspecified atom stereocenters. The van der Waals surface area contributed by atoms with Gasteiger partial charge in [0.15, 0.2) is 0 Å². The lowest BCUT2D eigenvalue weighted by Crippen LogP contribution is -2.69. The molecule has 4 aliphatic heterocycles. The molecule has 5 heteroatoms. The molecule has 0 aliphatic carbocycles. The van der Waals surface area contributed by atoms with E-state index in [0.29, 0.717) is 0 Å². The summed E-state index contributed by atoms with van der Waals surface area (Å²) in [5.74, 6) is 0. The standard InChI is InChI=1S/C58H56B2N2S/c1-55(2,3)33-17-21-37(22-18-33)61-48-26-25-41-38-23-19-34(56(4,5)6)28-44(38)60-45-29-35(57(7,8)9)20-24-39(45)43-27-36(58(10,11)12)30-47-53(43)62(60)54(41)52(48)59(47)46-31-42-40-15-13-14-16-50(40)63-51(42)32-49(46)61/h13-32H,1-12H3. The maximum absolute atomic E-state index is 2.83. The van der Waals surface area contributed by atoms with Crippen LogP contribution in [0, 0.1) is 0 Å². The van der Waals surface area contributed by atoms with Gasteiger partial charge in [-0.15, -0.1) is 11.3 Å². The Labute approximate surface area is 379 Å². The van der Waals surface area contributed by atoms with Gasteiger partial charge in [-0.3, -0.25) is 0 Å². The maximum Gasteiger partial charge on any atom is 0.329 e. The lowest BCUT2D eigenvalue weighted by atomic mass is 9.30. The third kappa shape index (κ3) is 5.51. The third-order valence-corrected chi connectivity index (χ3v) is 16.0. The molecule has 0 radical (unpaired) electrons. The molecule has 63 heavy (non-hydrogen) atoms. The number of hydrogen-bond donors (Lipinski definition) is 0. The lowest BCUT2D eigenvalue weighted by molar-refractivity contribution is 0.590. The van der Waals surface area contributed by atoms with Crippen molar-refractivity contribution in [2.75, 3.05) is 9.71 Å². The predicted octanol–water partition coefficient (Wildman–Crippen LogP) is 12.8. The fraction of sp³-hybridized carbons (Fsp3) is 0.276. The molecule has 0 spiro atoms. The highest BCUT2D eigenvalue weighted by molar-refractivity contribution is 7.26. The zero-order valence-electron chi connectivity index (χ0n) is 39.0. The highest BCUT2D eigenvalue weighted by atomic mass is 32.1. The van der Waals surface area contributed by atoms with Crippen molar-refractivity contribution in [2.45, 2.75) is 105 Å². The van der Waals surface area contributed by atoms with Crippen molar-refractivity contribution < 1.29 is 0 Å². The largest absolute Gasteiger partial charge is 0.377 e. The van der Waals surface area contributed by atoms with Gasteiger partial charge in [0.2, 0.25) is 0 Å². The Bertz CT molecular complexity index is 3290. The Morgan fingerprint density at radius 3 is 1.62 bits per heavy atom. The summed E-state index contributed by atoms with van der Waals surface area (Å²) in [5, 5.41) is 2.70. The second-order valence-corrected chi connectivity index (χ2v) is 24.1. The Kier molecular flexibility index (Phi) is 7.82. The van der Waals surface area contributed by atoms with Gasteiger partial charge in [-0.2, -0.15) is 0 Å². The van der Waals surface area contributed by atoms with E-state index in [1.165, 1.54) is 120 Å². The fourth-order valence-electron chi connectivity index (χ4n) is 11.4. The minimum atomic E-state index is -0.0548. The van der Waals surface area contributed by atoms with Crippen LogP contribution in [0.2, 0.25) is 0 Å². The normalized spacial score (nSPS) is 14.9. The van der Waals surface area contributed by atoms with Gasteiger partial charge < -0.3 is 9.71 Å². The quantitative estimate of drug-likeness (QED) is 0.152. The van der Waals surface area contributed by atoms with Crippen molar-refractivity contribution in [1.29, 1.82) is 0 Å². The second-order valence-electron chi connectivity index (χ2n) is 23.1. The van der Waals surface area contributed by atoms with Gasteiger partial charge >= 0.3 is 6.85 Å². The summed E-state index contributed by atoms with van der Waals surface area (Å²) in [7, 11) is 0. The maximum atomic E-state index is 2.83. The highest BCUT2D eigenvalue weighted by Gasteiger charge is 2.52. The third-order valence-electron chi connectivity index (χ3n) is 14.9. The van der Waals surface area contributed by atoms with Gasteiger partial charge in [0.25, 0.3) is 6.71 Å². The van der Waals surface area contributed by atoms with Crippen molar-refractivity contribution in [3.8, 4) is 22.3 Å². The van der Waals surface area contributed by atoms with Gasteiger partial charge in [-0.25, -0.2) is 0 Å². The summed E-state index contributed by atoms with van der Waals surface area (Å²) >= 11 is 1.92. The molecule has 5 heterocycles. The van der Waals surface area contributed by atoms with Crippen LogP contribution in [0.15, 0.2) is 121 Å². The number of hydrogen-bond acceptors (Lipinski definition) is 3. The zero-order chi connectivity index (χ0) is 43.9. The van der Waals surface area contributed by atoms with Crippen LogP contribution in [0.25, 0.3) is 42.4 Å². The highest BCUT2D eigenvalue weighted by Crippen LogP contribution is 2.52. The molecule has 12 rings (SSSR count). The molecule has 0 saturated heterocycles. The van der Waals surface area contributed by atoms with Crippen molar-refractivity contribution in [3.63, 3.8) is 0 Å². The van der Waals surface area contributed by atoms with Crippen LogP contribution in [-0.2, 0) is 21.7 Å². The van der Waals surface area contributed by atoms with Crippen LogP contribution in [0.5, 0.6) is 0 Å². The van der Waals surface area contributed by atoms with Crippen molar-refractivity contribution >= 4 is 101 Å². The molecule has 0 fully saturated rings. The topological polar surface area (TPSA) is 6.48 Å². The molecule has 1 aromatic heterocycles. The molecule has 7 aromatic carbocycles. The number of thiophene rings is 1. The van der Waals surface area contributed by atoms with Crippen LogP contribution in [0.4, 0.5) is 28.4 Å². The summed E-state index contributed by atoms with van der Waals surface area (Å²) < 4.78 is 2.68. The summed E-state index contributed by atoms with van der Waals surface area (Å²) in [6, 6.07) is 48.6. The molecule has 310 valence electrons. The first-order valence-electron chi connectivity index (χ1n) is 23.1. The molecule has 0 N–H and O–H groups in total. The zero-order valence-corrected chi connectivity index (χ0v) is 39.8. The van der Waals surface area contributed by atoms with E-state index >= 15 is 0 Å². The number of anilines is 5. The summed E-state index contributed by atoms with van der Waals surface area (Å²) in [5.41, 5.74) is 24.6. The van der Waals surface area contributed by atoms with Crippen molar-refractivity contribution in [1.82, 2.24) is 0 Å². The van der Waals surface area contributed by atoms with E-state index in [4.69, 9.17) is 0 Å². The summed E-state index contributed by atoms with van der Waals surface area (Å²) in [4.78, 5) is 5.44. The van der Waals surface area contributed by atoms with Gasteiger partial charge in [-0.05, 0) is 124 Å². The number of fused-ring (bicyclic) bond motifs is 12. The summed E-state index contributed by atoms with van der Waals surface area (Å²) in [6.45, 7) is 28.3. The molecular formula is C58H56B2N2S. The average molecular weight is 835 g/mol. The fourth-order valence-corrected chi connectivity index (χ4v) is 12.5. The summed E-state index contributed by atoms with van der Waals surface area (Å²) in [6.07, 6.45) is 0. The molecule has 0 atom stereocenters. The van der Waals surface area contributed by atoms with Gasteiger partial charge in [-0.1, -0.05) is 168 Å². The van der Waals surface area contributed by atoms with Crippen molar-refractivity contribution in [3.05, 3.63) is 144 Å². The molecule has 2 nitrogen and oxygen atoms in total. The molecule has 0 bridgehead atoms. The minimum absolute atomic E-state index is 0.00641. The molecule has 4 aliphatic rings. The number of nitrogens with zero attached hydrogens (tertiary/aromatic N) is 2. The lowest BCUT2D eigenvalue weighted by Gasteiger charge is -2.52. The molecular weight excluding hydrogens is 778 g/mol. The molecule has 8 aromatic rings. The van der Waals surface area contributed by atoms with E-state index in [0.717, 1.165) is 0 Å². The first-order chi connectivity index (χ1) is 29.8. The first kappa shape index (κ1) is 39.1. The Morgan fingerprint density at radius 1 is 0.413 bits per heavy atom. The SMILES string of the molecule is CC(C)(C)c1ccc(N2c3cc4sc5ccccc5c4cc3B3c4cc(C(C)(C)C)cc5c4N4B(c6cc(C(C)(C)C)ccc6-5)c5cc(C(C)(C)C)ccc5-c5ccc2c3c54)cc1. The average Bonchev–Trinajstić information content (AvgIpc) is 3.59. The van der Waals surface area contributed by atoms with Crippen LogP contribution in [-0.4, -0.2) is 13.6 Å². The van der Waals surface area contributed by atoms with Crippen LogP contribution in [0.1, 0.15) is 105 Å². The van der Waals surface area contributed by atoms with E-state index in [-0.39, 0.29) is 35.2 Å². The second kappa shape index (κ2) is 12.6. The van der Waals surface area contributed by atoms with E-state index in [2.05, 4.69) is 214 Å².